The van der Waals surface area contributed by atoms with Gasteiger partial charge in [-0.25, -0.2) is 0 Å². The lowest BCUT2D eigenvalue weighted by molar-refractivity contribution is -0.122. The Morgan fingerprint density at radius 2 is 1.92 bits per heavy atom. The van der Waals surface area contributed by atoms with Gasteiger partial charge in [-0.1, -0.05) is 6.07 Å². The summed E-state index contributed by atoms with van der Waals surface area (Å²) in [6.07, 6.45) is 0. The van der Waals surface area contributed by atoms with Crippen molar-refractivity contribution in [2.45, 2.75) is 20.0 Å². The number of hydrogen-bond donors (Lipinski definition) is 1. The summed E-state index contributed by atoms with van der Waals surface area (Å²) >= 11 is 0. The minimum Gasteiger partial charge on any atom is -0.493 e. The number of carbonyl (C=O) groups is 1. The predicted molar refractivity (Wildman–Crippen MR) is 91.2 cm³/mol. The van der Waals surface area contributed by atoms with E-state index in [1.165, 1.54) is 0 Å². The molecule has 0 atom stereocenters. The standard InChI is InChI=1S/C18H24N2O4/c1-13-5-7-15(24-13)11-20(2)12-18(21)19-10-14-6-8-16(22-3)17(9-14)23-4/h5-9H,10-12H2,1-4H3,(H,19,21). The van der Waals surface area contributed by atoms with Crippen LogP contribution in [0.15, 0.2) is 34.7 Å². The van der Waals surface area contributed by atoms with Crippen molar-refractivity contribution in [1.82, 2.24) is 10.2 Å². The van der Waals surface area contributed by atoms with Gasteiger partial charge in [0, 0.05) is 6.54 Å². The number of nitrogens with one attached hydrogen (secondary N) is 1. The highest BCUT2D eigenvalue weighted by atomic mass is 16.5. The molecule has 24 heavy (non-hydrogen) atoms. The van der Waals surface area contributed by atoms with Crippen LogP contribution in [0.2, 0.25) is 0 Å². The third kappa shape index (κ3) is 5.03. The highest BCUT2D eigenvalue weighted by molar-refractivity contribution is 5.78. The number of amides is 1. The second-order valence-corrected chi connectivity index (χ2v) is 5.65. The van der Waals surface area contributed by atoms with Crippen molar-refractivity contribution in [3.05, 3.63) is 47.4 Å². The van der Waals surface area contributed by atoms with Gasteiger partial charge in [-0.05, 0) is 43.8 Å². The quantitative estimate of drug-likeness (QED) is 0.804. The Balaban J connectivity index is 1.82. The Kier molecular flexibility index (Phi) is 6.26. The molecule has 1 N–H and O–H groups in total. The molecule has 0 bridgehead atoms. The Bertz CT molecular complexity index is 681. The van der Waals surface area contributed by atoms with Gasteiger partial charge in [0.1, 0.15) is 11.5 Å². The first-order valence-electron chi connectivity index (χ1n) is 7.73. The fourth-order valence-electron chi connectivity index (χ4n) is 2.38. The first kappa shape index (κ1) is 17.9. The molecule has 0 spiro atoms. The summed E-state index contributed by atoms with van der Waals surface area (Å²) in [7, 11) is 5.06. The van der Waals surface area contributed by atoms with Gasteiger partial charge in [-0.3, -0.25) is 9.69 Å². The van der Waals surface area contributed by atoms with Crippen LogP contribution in [0.4, 0.5) is 0 Å². The number of likely N-dealkylation sites (N-methyl/N-ethyl adjacent to an activating group) is 1. The molecule has 6 heteroatoms. The summed E-state index contributed by atoms with van der Waals surface area (Å²) in [6, 6.07) is 9.42. The molecular weight excluding hydrogens is 308 g/mol. The molecule has 0 saturated carbocycles. The zero-order valence-corrected chi connectivity index (χ0v) is 14.6. The van der Waals surface area contributed by atoms with Crippen molar-refractivity contribution in [1.29, 1.82) is 0 Å². The monoisotopic (exact) mass is 332 g/mol. The van der Waals surface area contributed by atoms with Crippen molar-refractivity contribution in [3.63, 3.8) is 0 Å². The van der Waals surface area contributed by atoms with Crippen LogP contribution in [-0.2, 0) is 17.9 Å². The Morgan fingerprint density at radius 3 is 2.54 bits per heavy atom. The average Bonchev–Trinajstić information content (AvgIpc) is 2.97. The van der Waals surface area contributed by atoms with Crippen LogP contribution < -0.4 is 14.8 Å². The molecular formula is C18H24N2O4. The van der Waals surface area contributed by atoms with Crippen LogP contribution >= 0.6 is 0 Å². The molecule has 0 radical (unpaired) electrons. The molecule has 2 aromatic rings. The maximum absolute atomic E-state index is 12.1. The summed E-state index contributed by atoms with van der Waals surface area (Å²) in [6.45, 7) is 3.23. The van der Waals surface area contributed by atoms with Crippen molar-refractivity contribution in [2.75, 3.05) is 27.8 Å². The van der Waals surface area contributed by atoms with Gasteiger partial charge in [0.2, 0.25) is 5.91 Å². The van der Waals surface area contributed by atoms with Crippen LogP contribution in [0.1, 0.15) is 17.1 Å². The molecule has 0 aliphatic carbocycles. The van der Waals surface area contributed by atoms with E-state index in [9.17, 15) is 4.79 Å². The van der Waals surface area contributed by atoms with Crippen LogP contribution in [0.3, 0.4) is 0 Å². The topological polar surface area (TPSA) is 63.9 Å². The lowest BCUT2D eigenvalue weighted by atomic mass is 10.2. The minimum absolute atomic E-state index is 0.0458. The third-order valence-electron chi connectivity index (χ3n) is 3.57. The first-order valence-corrected chi connectivity index (χ1v) is 7.73. The Morgan fingerprint density at radius 1 is 1.17 bits per heavy atom. The fourth-order valence-corrected chi connectivity index (χ4v) is 2.38. The third-order valence-corrected chi connectivity index (χ3v) is 3.57. The highest BCUT2D eigenvalue weighted by Crippen LogP contribution is 2.27. The number of carbonyl (C=O) groups excluding carboxylic acids is 1. The lowest BCUT2D eigenvalue weighted by Crippen LogP contribution is -2.34. The molecule has 1 aromatic heterocycles. The Labute approximate surface area is 142 Å². The van der Waals surface area contributed by atoms with E-state index in [0.717, 1.165) is 17.1 Å². The van der Waals surface area contributed by atoms with E-state index in [-0.39, 0.29) is 5.91 Å². The lowest BCUT2D eigenvalue weighted by Gasteiger charge is -2.15. The number of rotatable bonds is 8. The normalized spacial score (nSPS) is 10.7. The van der Waals surface area contributed by atoms with E-state index in [1.807, 2.05) is 49.2 Å². The molecule has 0 aliphatic rings. The second kappa shape index (κ2) is 8.40. The van der Waals surface area contributed by atoms with E-state index < -0.39 is 0 Å². The average molecular weight is 332 g/mol. The molecule has 0 saturated heterocycles. The van der Waals surface area contributed by atoms with E-state index in [0.29, 0.717) is 31.1 Å². The molecule has 0 fully saturated rings. The van der Waals surface area contributed by atoms with Gasteiger partial charge in [0.05, 0.1) is 27.3 Å². The molecule has 130 valence electrons. The maximum atomic E-state index is 12.1. The summed E-state index contributed by atoms with van der Waals surface area (Å²) in [4.78, 5) is 14.0. The molecule has 0 unspecified atom stereocenters. The van der Waals surface area contributed by atoms with Gasteiger partial charge >= 0.3 is 0 Å². The summed E-state index contributed by atoms with van der Waals surface area (Å²) < 4.78 is 16.0. The van der Waals surface area contributed by atoms with Crippen molar-refractivity contribution in [2.24, 2.45) is 0 Å². The van der Waals surface area contributed by atoms with Gasteiger partial charge in [0.25, 0.3) is 0 Å². The van der Waals surface area contributed by atoms with E-state index >= 15 is 0 Å². The van der Waals surface area contributed by atoms with E-state index in [4.69, 9.17) is 13.9 Å². The Hall–Kier alpha value is -2.47. The van der Waals surface area contributed by atoms with Crippen LogP contribution in [-0.4, -0.2) is 38.6 Å². The summed E-state index contributed by atoms with van der Waals surface area (Å²) in [5.41, 5.74) is 0.949. The van der Waals surface area contributed by atoms with Crippen LogP contribution in [0.25, 0.3) is 0 Å². The highest BCUT2D eigenvalue weighted by Gasteiger charge is 2.10. The number of nitrogens with zero attached hydrogens (tertiary/aromatic N) is 1. The predicted octanol–water partition coefficient (Wildman–Crippen LogP) is 2.35. The number of hydrogen-bond acceptors (Lipinski definition) is 5. The van der Waals surface area contributed by atoms with Crippen molar-refractivity contribution >= 4 is 5.91 Å². The van der Waals surface area contributed by atoms with E-state index in [1.54, 1.807) is 14.2 Å². The van der Waals surface area contributed by atoms with E-state index in [2.05, 4.69) is 5.32 Å². The number of ether oxygens (including phenoxy) is 2. The zero-order chi connectivity index (χ0) is 17.5. The van der Waals surface area contributed by atoms with Gasteiger partial charge in [-0.15, -0.1) is 0 Å². The smallest absolute Gasteiger partial charge is 0.234 e. The maximum Gasteiger partial charge on any atom is 0.234 e. The SMILES string of the molecule is COc1ccc(CNC(=O)CN(C)Cc2ccc(C)o2)cc1OC. The van der Waals surface area contributed by atoms with Gasteiger partial charge < -0.3 is 19.2 Å². The molecule has 1 aromatic carbocycles. The molecule has 2 rings (SSSR count). The van der Waals surface area contributed by atoms with Crippen LogP contribution in [0, 0.1) is 6.92 Å². The minimum atomic E-state index is -0.0458. The number of furan rings is 1. The number of benzene rings is 1. The van der Waals surface area contributed by atoms with Crippen LogP contribution in [0.5, 0.6) is 11.5 Å². The summed E-state index contributed by atoms with van der Waals surface area (Å²) in [5, 5.41) is 2.90. The largest absolute Gasteiger partial charge is 0.493 e. The fraction of sp³-hybridized carbons (Fsp3) is 0.389. The molecule has 1 heterocycles. The number of methoxy groups -OCH3 is 2. The summed E-state index contributed by atoms with van der Waals surface area (Å²) in [5.74, 6) is 2.99. The van der Waals surface area contributed by atoms with Crippen molar-refractivity contribution < 1.29 is 18.7 Å². The molecule has 6 nitrogen and oxygen atoms in total. The molecule has 0 aliphatic heterocycles. The van der Waals surface area contributed by atoms with Crippen molar-refractivity contribution in [3.8, 4) is 11.5 Å². The zero-order valence-electron chi connectivity index (χ0n) is 14.6. The molecule has 1 amide bonds. The van der Waals surface area contributed by atoms with Gasteiger partial charge in [-0.2, -0.15) is 0 Å². The first-order chi connectivity index (χ1) is 11.5. The number of aryl methyl sites for hydroxylation is 1. The second-order valence-electron chi connectivity index (χ2n) is 5.65. The van der Waals surface area contributed by atoms with Gasteiger partial charge in [0.15, 0.2) is 11.5 Å².